The minimum atomic E-state index is -0.518. The van der Waals surface area contributed by atoms with E-state index in [1.807, 2.05) is 69.3 Å². The van der Waals surface area contributed by atoms with Crippen LogP contribution in [0.15, 0.2) is 48.5 Å². The third-order valence-corrected chi connectivity index (χ3v) is 5.91. The highest BCUT2D eigenvalue weighted by atomic mass is 16.5. The van der Waals surface area contributed by atoms with Crippen molar-refractivity contribution in [1.29, 1.82) is 0 Å². The van der Waals surface area contributed by atoms with Crippen LogP contribution in [-0.2, 0) is 16.1 Å². The third kappa shape index (κ3) is 6.58. The van der Waals surface area contributed by atoms with Crippen LogP contribution in [0.3, 0.4) is 0 Å². The van der Waals surface area contributed by atoms with E-state index in [4.69, 9.17) is 4.74 Å². The van der Waals surface area contributed by atoms with Crippen LogP contribution in [0.2, 0.25) is 0 Å². The molecule has 1 N–H and O–H groups in total. The van der Waals surface area contributed by atoms with Gasteiger partial charge in [-0.25, -0.2) is 0 Å². The number of hydrogen-bond acceptors (Lipinski definition) is 3. The first kappa shape index (κ1) is 22.9. The fourth-order valence-electron chi connectivity index (χ4n) is 4.11. The number of carbonyl (C=O) groups is 2. The van der Waals surface area contributed by atoms with Crippen LogP contribution in [0.25, 0.3) is 0 Å². The summed E-state index contributed by atoms with van der Waals surface area (Å²) in [6, 6.07) is 15.4. The van der Waals surface area contributed by atoms with Gasteiger partial charge >= 0.3 is 0 Å². The van der Waals surface area contributed by atoms with Gasteiger partial charge < -0.3 is 15.0 Å². The molecule has 1 fully saturated rings. The Labute approximate surface area is 185 Å². The lowest BCUT2D eigenvalue weighted by Gasteiger charge is -2.31. The molecule has 1 saturated carbocycles. The van der Waals surface area contributed by atoms with E-state index >= 15 is 0 Å². The number of ether oxygens (including phenoxy) is 1. The highest BCUT2D eigenvalue weighted by Gasteiger charge is 2.30. The molecule has 5 nitrogen and oxygen atoms in total. The van der Waals surface area contributed by atoms with E-state index in [9.17, 15) is 9.59 Å². The predicted molar refractivity (Wildman–Crippen MR) is 123 cm³/mol. The van der Waals surface area contributed by atoms with Crippen molar-refractivity contribution in [2.45, 2.75) is 71.5 Å². The quantitative estimate of drug-likeness (QED) is 0.645. The molecule has 0 saturated heterocycles. The molecule has 1 atom stereocenters. The van der Waals surface area contributed by atoms with Crippen LogP contribution < -0.4 is 10.1 Å². The van der Waals surface area contributed by atoms with Gasteiger partial charge in [-0.05, 0) is 56.4 Å². The second kappa shape index (κ2) is 11.0. The molecular weight excluding hydrogens is 388 g/mol. The van der Waals surface area contributed by atoms with E-state index in [1.54, 1.807) is 4.90 Å². The molecule has 0 aliphatic heterocycles. The number of amides is 2. The van der Waals surface area contributed by atoms with Gasteiger partial charge in [-0.1, -0.05) is 61.7 Å². The standard InChI is InChI=1S/C26H34N2O3/c1-4-24(26(30)27-22-9-5-6-10-22)28(17-21-14-12-19(2)13-15-21)25(29)18-31-23-11-7-8-20(3)16-23/h7-8,11-16,22,24H,4-6,9-10,17-18H2,1-3H3,(H,27,30)/t24-/m0/s1. The van der Waals surface area contributed by atoms with Crippen LogP contribution in [0, 0.1) is 13.8 Å². The van der Waals surface area contributed by atoms with Gasteiger partial charge in [-0.3, -0.25) is 9.59 Å². The van der Waals surface area contributed by atoms with Crippen LogP contribution in [0.1, 0.15) is 55.7 Å². The SMILES string of the molecule is CC[C@@H](C(=O)NC1CCCC1)N(Cc1ccc(C)cc1)C(=O)COc1cccc(C)c1. The maximum atomic E-state index is 13.2. The summed E-state index contributed by atoms with van der Waals surface area (Å²) in [4.78, 5) is 28.0. The third-order valence-electron chi connectivity index (χ3n) is 5.91. The molecule has 0 unspecified atom stereocenters. The van der Waals surface area contributed by atoms with Crippen LogP contribution in [0.4, 0.5) is 0 Å². The molecule has 2 aromatic rings. The van der Waals surface area contributed by atoms with E-state index in [0.29, 0.717) is 18.7 Å². The van der Waals surface area contributed by atoms with Crippen molar-refractivity contribution >= 4 is 11.8 Å². The van der Waals surface area contributed by atoms with Gasteiger partial charge in [0.2, 0.25) is 5.91 Å². The first-order chi connectivity index (χ1) is 15.0. The summed E-state index contributed by atoms with van der Waals surface area (Å²) >= 11 is 0. The van der Waals surface area contributed by atoms with Crippen molar-refractivity contribution in [3.63, 3.8) is 0 Å². The summed E-state index contributed by atoms with van der Waals surface area (Å²) in [5.74, 6) is 0.410. The number of rotatable bonds is 9. The van der Waals surface area contributed by atoms with Gasteiger partial charge in [-0.15, -0.1) is 0 Å². The van der Waals surface area contributed by atoms with Crippen molar-refractivity contribution in [3.8, 4) is 5.75 Å². The van der Waals surface area contributed by atoms with Gasteiger partial charge in [0.25, 0.3) is 5.91 Å². The van der Waals surface area contributed by atoms with Crippen LogP contribution in [0.5, 0.6) is 5.75 Å². The van der Waals surface area contributed by atoms with Gasteiger partial charge in [-0.2, -0.15) is 0 Å². The molecule has 0 aromatic heterocycles. The van der Waals surface area contributed by atoms with Crippen molar-refractivity contribution < 1.29 is 14.3 Å². The zero-order valence-electron chi connectivity index (χ0n) is 18.9. The summed E-state index contributed by atoms with van der Waals surface area (Å²) in [7, 11) is 0. The topological polar surface area (TPSA) is 58.6 Å². The minimum absolute atomic E-state index is 0.0644. The Hall–Kier alpha value is -2.82. The number of hydrogen-bond donors (Lipinski definition) is 1. The highest BCUT2D eigenvalue weighted by Crippen LogP contribution is 2.20. The average Bonchev–Trinajstić information content (AvgIpc) is 3.26. The van der Waals surface area contributed by atoms with Crippen molar-refractivity contribution in [2.75, 3.05) is 6.61 Å². The predicted octanol–water partition coefficient (Wildman–Crippen LogP) is 4.55. The largest absolute Gasteiger partial charge is 0.484 e. The smallest absolute Gasteiger partial charge is 0.261 e. The first-order valence-electron chi connectivity index (χ1n) is 11.3. The molecule has 31 heavy (non-hydrogen) atoms. The normalized spacial score (nSPS) is 14.8. The number of benzene rings is 2. The molecule has 0 spiro atoms. The van der Waals surface area contributed by atoms with E-state index in [1.165, 1.54) is 0 Å². The van der Waals surface area contributed by atoms with Crippen LogP contribution in [-0.4, -0.2) is 35.4 Å². The average molecular weight is 423 g/mol. The molecule has 5 heteroatoms. The van der Waals surface area contributed by atoms with Crippen molar-refractivity contribution in [1.82, 2.24) is 10.2 Å². The maximum Gasteiger partial charge on any atom is 0.261 e. The lowest BCUT2D eigenvalue weighted by Crippen LogP contribution is -2.52. The zero-order chi connectivity index (χ0) is 22.2. The Morgan fingerprint density at radius 2 is 1.77 bits per heavy atom. The minimum Gasteiger partial charge on any atom is -0.484 e. The Kier molecular flexibility index (Phi) is 8.10. The van der Waals surface area contributed by atoms with E-state index in [0.717, 1.165) is 42.4 Å². The summed E-state index contributed by atoms with van der Waals surface area (Å²) in [6.07, 6.45) is 4.89. The molecular formula is C26H34N2O3. The lowest BCUT2D eigenvalue weighted by molar-refractivity contribution is -0.143. The molecule has 3 rings (SSSR count). The maximum absolute atomic E-state index is 13.2. The number of nitrogens with one attached hydrogen (secondary N) is 1. The number of nitrogens with zero attached hydrogens (tertiary/aromatic N) is 1. The zero-order valence-corrected chi connectivity index (χ0v) is 18.9. The highest BCUT2D eigenvalue weighted by molar-refractivity contribution is 5.88. The fourth-order valence-corrected chi connectivity index (χ4v) is 4.11. The monoisotopic (exact) mass is 422 g/mol. The van der Waals surface area contributed by atoms with E-state index in [-0.39, 0.29) is 24.5 Å². The summed E-state index contributed by atoms with van der Waals surface area (Å²) in [5.41, 5.74) is 3.24. The first-order valence-corrected chi connectivity index (χ1v) is 11.3. The van der Waals surface area contributed by atoms with E-state index < -0.39 is 6.04 Å². The Balaban J connectivity index is 1.75. The second-order valence-electron chi connectivity index (χ2n) is 8.53. The van der Waals surface area contributed by atoms with Crippen LogP contribution >= 0.6 is 0 Å². The molecule has 0 bridgehead atoms. The van der Waals surface area contributed by atoms with E-state index in [2.05, 4.69) is 5.32 Å². The summed E-state index contributed by atoms with van der Waals surface area (Å²) < 4.78 is 5.77. The van der Waals surface area contributed by atoms with Gasteiger partial charge in [0, 0.05) is 12.6 Å². The molecule has 166 valence electrons. The van der Waals surface area contributed by atoms with Crippen molar-refractivity contribution in [2.24, 2.45) is 0 Å². The van der Waals surface area contributed by atoms with Gasteiger partial charge in [0.15, 0.2) is 6.61 Å². The van der Waals surface area contributed by atoms with Gasteiger partial charge in [0.1, 0.15) is 11.8 Å². The molecule has 0 radical (unpaired) electrons. The molecule has 0 heterocycles. The number of aryl methyl sites for hydroxylation is 2. The Bertz CT molecular complexity index is 872. The molecule has 1 aliphatic rings. The molecule has 2 amide bonds. The summed E-state index contributed by atoms with van der Waals surface area (Å²) in [6.45, 7) is 6.26. The van der Waals surface area contributed by atoms with Crippen molar-refractivity contribution in [3.05, 3.63) is 65.2 Å². The fraction of sp³-hybridized carbons (Fsp3) is 0.462. The molecule has 1 aliphatic carbocycles. The summed E-state index contributed by atoms with van der Waals surface area (Å²) in [5, 5.41) is 3.17. The molecule has 2 aromatic carbocycles. The Morgan fingerprint density at radius 1 is 1.06 bits per heavy atom. The van der Waals surface area contributed by atoms with Gasteiger partial charge in [0.05, 0.1) is 0 Å². The number of carbonyl (C=O) groups excluding carboxylic acids is 2. The lowest BCUT2D eigenvalue weighted by atomic mass is 10.1. The second-order valence-corrected chi connectivity index (χ2v) is 8.53. The Morgan fingerprint density at radius 3 is 2.42 bits per heavy atom.